The Labute approximate surface area is 187 Å². The zero-order valence-corrected chi connectivity index (χ0v) is 18.2. The van der Waals surface area contributed by atoms with Crippen LogP contribution in [0.3, 0.4) is 0 Å². The SMILES string of the molecule is Cc1sc2ncn(CC(=O)c3ccc4c(c3)NC(=O)C(C)O4)c(=O)c2c1-c1ccccc1. The van der Waals surface area contributed by atoms with Crippen LogP contribution in [0.1, 0.15) is 22.2 Å². The third kappa shape index (κ3) is 3.38. The molecular weight excluding hydrogens is 426 g/mol. The van der Waals surface area contributed by atoms with Crippen molar-refractivity contribution in [1.82, 2.24) is 9.55 Å². The predicted octanol–water partition coefficient (Wildman–Crippen LogP) is 4.04. The van der Waals surface area contributed by atoms with Crippen LogP contribution in [0.2, 0.25) is 0 Å². The molecule has 0 saturated carbocycles. The van der Waals surface area contributed by atoms with Crippen molar-refractivity contribution in [2.75, 3.05) is 5.32 Å². The van der Waals surface area contributed by atoms with Crippen LogP contribution in [0, 0.1) is 6.92 Å². The van der Waals surface area contributed by atoms with Crippen LogP contribution in [0.4, 0.5) is 5.69 Å². The molecule has 1 unspecified atom stereocenters. The summed E-state index contributed by atoms with van der Waals surface area (Å²) >= 11 is 1.46. The van der Waals surface area contributed by atoms with Gasteiger partial charge in [-0.25, -0.2) is 4.98 Å². The fraction of sp³-hybridized carbons (Fsp3) is 0.167. The van der Waals surface area contributed by atoms with E-state index in [0.717, 1.165) is 16.0 Å². The van der Waals surface area contributed by atoms with Crippen LogP contribution in [0.15, 0.2) is 59.7 Å². The van der Waals surface area contributed by atoms with E-state index in [1.165, 1.54) is 22.2 Å². The van der Waals surface area contributed by atoms with E-state index in [1.54, 1.807) is 25.1 Å². The van der Waals surface area contributed by atoms with Crippen LogP contribution >= 0.6 is 11.3 Å². The Morgan fingerprint density at radius 2 is 1.97 bits per heavy atom. The van der Waals surface area contributed by atoms with Crippen LogP contribution in [0.5, 0.6) is 5.75 Å². The Morgan fingerprint density at radius 3 is 2.75 bits per heavy atom. The highest BCUT2D eigenvalue weighted by Gasteiger charge is 2.24. The lowest BCUT2D eigenvalue weighted by Gasteiger charge is -2.23. The summed E-state index contributed by atoms with van der Waals surface area (Å²) in [5.41, 5.74) is 2.36. The third-order valence-corrected chi connectivity index (χ3v) is 6.48. The van der Waals surface area contributed by atoms with Gasteiger partial charge in [0.25, 0.3) is 11.5 Å². The number of thiophene rings is 1. The van der Waals surface area contributed by atoms with Gasteiger partial charge in [0.15, 0.2) is 11.9 Å². The van der Waals surface area contributed by atoms with Gasteiger partial charge in [-0.1, -0.05) is 30.3 Å². The maximum absolute atomic E-state index is 13.3. The number of nitrogens with zero attached hydrogens (tertiary/aromatic N) is 2. The van der Waals surface area contributed by atoms with E-state index in [2.05, 4.69) is 10.3 Å². The number of carbonyl (C=O) groups excluding carboxylic acids is 2. The number of aryl methyl sites for hydroxylation is 1. The van der Waals surface area contributed by atoms with Gasteiger partial charge in [-0.05, 0) is 37.6 Å². The molecule has 0 aliphatic carbocycles. The number of nitrogens with one attached hydrogen (secondary N) is 1. The van der Waals surface area contributed by atoms with Gasteiger partial charge in [0.2, 0.25) is 0 Å². The first kappa shape index (κ1) is 20.1. The summed E-state index contributed by atoms with van der Waals surface area (Å²) in [6.07, 6.45) is 0.825. The molecule has 0 bridgehead atoms. The van der Waals surface area contributed by atoms with Crippen molar-refractivity contribution in [3.8, 4) is 16.9 Å². The highest BCUT2D eigenvalue weighted by Crippen LogP contribution is 2.35. The maximum Gasteiger partial charge on any atom is 0.265 e. The molecule has 8 heteroatoms. The van der Waals surface area contributed by atoms with E-state index < -0.39 is 6.10 Å². The molecule has 1 aliphatic heterocycles. The van der Waals surface area contributed by atoms with Gasteiger partial charge in [0.1, 0.15) is 10.6 Å². The minimum absolute atomic E-state index is 0.158. The first-order chi connectivity index (χ1) is 15.4. The molecule has 5 rings (SSSR count). The molecule has 1 atom stereocenters. The second-order valence-electron chi connectivity index (χ2n) is 7.64. The second kappa shape index (κ2) is 7.72. The average molecular weight is 446 g/mol. The van der Waals surface area contributed by atoms with E-state index in [0.29, 0.717) is 27.2 Å². The molecule has 2 aromatic carbocycles. The van der Waals surface area contributed by atoms with E-state index >= 15 is 0 Å². The van der Waals surface area contributed by atoms with Crippen LogP contribution in [-0.4, -0.2) is 27.3 Å². The number of carbonyl (C=O) groups is 2. The minimum atomic E-state index is -0.590. The first-order valence-electron chi connectivity index (χ1n) is 10.1. The lowest BCUT2D eigenvalue weighted by molar-refractivity contribution is -0.122. The smallest absolute Gasteiger partial charge is 0.265 e. The number of aromatic nitrogens is 2. The molecule has 0 radical (unpaired) electrons. The summed E-state index contributed by atoms with van der Waals surface area (Å²) in [6, 6.07) is 14.6. The fourth-order valence-corrected chi connectivity index (χ4v) is 4.83. The number of amides is 1. The zero-order valence-electron chi connectivity index (χ0n) is 17.4. The van der Waals surface area contributed by atoms with Crippen molar-refractivity contribution >= 4 is 38.9 Å². The number of ketones is 1. The van der Waals surface area contributed by atoms with Gasteiger partial charge in [-0.2, -0.15) is 0 Å². The van der Waals surface area contributed by atoms with E-state index in [9.17, 15) is 14.4 Å². The fourth-order valence-electron chi connectivity index (χ4n) is 3.83. The summed E-state index contributed by atoms with van der Waals surface area (Å²) < 4.78 is 6.87. The van der Waals surface area contributed by atoms with E-state index in [-0.39, 0.29) is 23.8 Å². The molecule has 0 fully saturated rings. The lowest BCUT2D eigenvalue weighted by atomic mass is 10.0. The number of benzene rings is 2. The Hall–Kier alpha value is -3.78. The molecule has 32 heavy (non-hydrogen) atoms. The molecule has 1 amide bonds. The summed E-state index contributed by atoms with van der Waals surface area (Å²) in [5.74, 6) is -0.0264. The Bertz CT molecular complexity index is 1440. The Balaban J connectivity index is 1.51. The number of hydrogen-bond donors (Lipinski definition) is 1. The number of fused-ring (bicyclic) bond motifs is 2. The maximum atomic E-state index is 13.3. The van der Waals surface area contributed by atoms with Crippen LogP contribution < -0.4 is 15.6 Å². The summed E-state index contributed by atoms with van der Waals surface area (Å²) in [7, 11) is 0. The molecular formula is C24H19N3O4S. The molecule has 0 spiro atoms. The van der Waals surface area contributed by atoms with Crippen molar-refractivity contribution in [3.05, 3.63) is 75.7 Å². The first-order valence-corrected chi connectivity index (χ1v) is 10.9. The number of Topliss-reactive ketones (excluding diaryl/α,β-unsaturated/α-hetero) is 1. The summed E-state index contributed by atoms with van der Waals surface area (Å²) in [4.78, 5) is 44.2. The standard InChI is InChI=1S/C24H19N3O4S/c1-13-22(29)26-17-10-16(8-9-19(17)31-13)18(28)11-27-12-25-23-21(24(27)30)20(14(2)32-23)15-6-4-3-5-7-15/h3-10,12-13H,11H2,1-2H3,(H,26,29). The Morgan fingerprint density at radius 1 is 1.19 bits per heavy atom. The largest absolute Gasteiger partial charge is 0.479 e. The summed E-state index contributed by atoms with van der Waals surface area (Å²) in [6.45, 7) is 3.46. The highest BCUT2D eigenvalue weighted by atomic mass is 32.1. The van der Waals surface area contributed by atoms with Gasteiger partial charge >= 0.3 is 0 Å². The molecule has 2 aromatic heterocycles. The Kier molecular flexibility index (Phi) is 4.86. The molecule has 160 valence electrons. The molecule has 3 heterocycles. The molecule has 1 aliphatic rings. The van der Waals surface area contributed by atoms with Gasteiger partial charge in [-0.3, -0.25) is 19.0 Å². The summed E-state index contributed by atoms with van der Waals surface area (Å²) in [5, 5.41) is 3.26. The van der Waals surface area contributed by atoms with Crippen molar-refractivity contribution in [1.29, 1.82) is 0 Å². The molecule has 0 saturated heterocycles. The van der Waals surface area contributed by atoms with Crippen molar-refractivity contribution in [3.63, 3.8) is 0 Å². The second-order valence-corrected chi connectivity index (χ2v) is 8.84. The topological polar surface area (TPSA) is 90.3 Å². The number of rotatable bonds is 4. The van der Waals surface area contributed by atoms with Crippen LogP contribution in [0.25, 0.3) is 21.3 Å². The molecule has 4 aromatic rings. The van der Waals surface area contributed by atoms with Gasteiger partial charge in [0.05, 0.1) is 23.9 Å². The lowest BCUT2D eigenvalue weighted by Crippen LogP contribution is -2.34. The van der Waals surface area contributed by atoms with Crippen molar-refractivity contribution in [2.45, 2.75) is 26.5 Å². The van der Waals surface area contributed by atoms with Gasteiger partial charge in [0, 0.05) is 16.0 Å². The quantitative estimate of drug-likeness (QED) is 0.479. The number of hydrogen-bond acceptors (Lipinski definition) is 6. The van der Waals surface area contributed by atoms with Crippen LogP contribution in [-0.2, 0) is 11.3 Å². The minimum Gasteiger partial charge on any atom is -0.479 e. The number of ether oxygens (including phenoxy) is 1. The van der Waals surface area contributed by atoms with E-state index in [1.807, 2.05) is 37.3 Å². The van der Waals surface area contributed by atoms with Crippen molar-refractivity contribution < 1.29 is 14.3 Å². The van der Waals surface area contributed by atoms with Crippen molar-refractivity contribution in [2.24, 2.45) is 0 Å². The third-order valence-electron chi connectivity index (χ3n) is 5.46. The average Bonchev–Trinajstić information content (AvgIpc) is 3.13. The predicted molar refractivity (Wildman–Crippen MR) is 124 cm³/mol. The van der Waals surface area contributed by atoms with Gasteiger partial charge in [-0.15, -0.1) is 11.3 Å². The molecule has 7 nitrogen and oxygen atoms in total. The molecule has 1 N–H and O–H groups in total. The van der Waals surface area contributed by atoms with E-state index in [4.69, 9.17) is 4.74 Å². The van der Waals surface area contributed by atoms with Gasteiger partial charge < -0.3 is 10.1 Å². The highest BCUT2D eigenvalue weighted by molar-refractivity contribution is 7.19. The normalized spacial score (nSPS) is 15.2. The number of anilines is 1. The zero-order chi connectivity index (χ0) is 22.4. The monoisotopic (exact) mass is 445 g/mol.